The number of carbonyl (C=O) groups excluding carboxylic acids is 1. The molecule has 3 aromatic rings. The van der Waals surface area contributed by atoms with Gasteiger partial charge in [0.2, 0.25) is 5.91 Å². The van der Waals surface area contributed by atoms with Crippen LogP contribution in [0.4, 0.5) is 15.8 Å². The minimum absolute atomic E-state index is 0.0912. The number of nitrogens with one attached hydrogen (secondary N) is 2. The fourth-order valence-corrected chi connectivity index (χ4v) is 4.43. The average Bonchev–Trinajstić information content (AvgIpc) is 3.45. The van der Waals surface area contributed by atoms with Gasteiger partial charge in [-0.3, -0.25) is 4.79 Å². The Kier molecular flexibility index (Phi) is 7.85. The van der Waals surface area contributed by atoms with Gasteiger partial charge in [0.25, 0.3) is 0 Å². The van der Waals surface area contributed by atoms with Gasteiger partial charge in [-0.05, 0) is 61.7 Å². The monoisotopic (exact) mass is 489 g/mol. The molecule has 1 aromatic heterocycles. The lowest BCUT2D eigenvalue weighted by Crippen LogP contribution is -2.20. The Balaban J connectivity index is 1.41. The van der Waals surface area contributed by atoms with E-state index in [1.165, 1.54) is 23.9 Å². The van der Waals surface area contributed by atoms with Crippen molar-refractivity contribution in [1.29, 1.82) is 0 Å². The third-order valence-corrected chi connectivity index (χ3v) is 6.66. The molecule has 2 N–H and O–H groups in total. The van der Waals surface area contributed by atoms with E-state index in [1.54, 1.807) is 18.2 Å². The van der Waals surface area contributed by atoms with E-state index >= 15 is 0 Å². The molecule has 0 bridgehead atoms. The molecule has 2 heterocycles. The number of carbonyl (C=O) groups is 1. The van der Waals surface area contributed by atoms with Crippen molar-refractivity contribution in [3.05, 3.63) is 64.7 Å². The molecule has 1 saturated heterocycles. The van der Waals surface area contributed by atoms with Crippen molar-refractivity contribution >= 4 is 40.6 Å². The molecule has 7 nitrogen and oxygen atoms in total. The summed E-state index contributed by atoms with van der Waals surface area (Å²) in [5.74, 6) is 0.466. The van der Waals surface area contributed by atoms with E-state index in [0.29, 0.717) is 29.0 Å². The SMILES string of the molecule is Cc1ccc(NC(=O)CSc2nnc(CNc3ccc(F)cc3)n2C[C@@H]2CCCO2)cc1Cl. The molecular formula is C23H25ClFN5O2S. The largest absolute Gasteiger partial charge is 0.378 e. The topological polar surface area (TPSA) is 81.1 Å². The summed E-state index contributed by atoms with van der Waals surface area (Å²) in [6.07, 6.45) is 2.09. The smallest absolute Gasteiger partial charge is 0.234 e. The van der Waals surface area contributed by atoms with Crippen molar-refractivity contribution in [3.63, 3.8) is 0 Å². The lowest BCUT2D eigenvalue weighted by atomic mass is 10.2. The maximum Gasteiger partial charge on any atom is 0.234 e. The summed E-state index contributed by atoms with van der Waals surface area (Å²) in [5.41, 5.74) is 2.39. The van der Waals surface area contributed by atoms with Gasteiger partial charge in [-0.25, -0.2) is 4.39 Å². The predicted octanol–water partition coefficient (Wildman–Crippen LogP) is 4.90. The van der Waals surface area contributed by atoms with E-state index in [2.05, 4.69) is 20.8 Å². The first kappa shape index (κ1) is 23.5. The van der Waals surface area contributed by atoms with Gasteiger partial charge in [0.15, 0.2) is 11.0 Å². The highest BCUT2D eigenvalue weighted by atomic mass is 35.5. The molecule has 10 heteroatoms. The van der Waals surface area contributed by atoms with Gasteiger partial charge in [-0.1, -0.05) is 29.4 Å². The molecule has 1 amide bonds. The van der Waals surface area contributed by atoms with Crippen LogP contribution in [0.15, 0.2) is 47.6 Å². The van der Waals surface area contributed by atoms with Crippen LogP contribution in [0.1, 0.15) is 24.2 Å². The Labute approximate surface area is 201 Å². The third kappa shape index (κ3) is 6.46. The Bertz CT molecular complexity index is 1100. The predicted molar refractivity (Wildman–Crippen MR) is 128 cm³/mol. The molecule has 1 aliphatic heterocycles. The minimum atomic E-state index is -0.285. The van der Waals surface area contributed by atoms with Gasteiger partial charge in [0.05, 0.1) is 24.9 Å². The van der Waals surface area contributed by atoms with Gasteiger partial charge in [-0.2, -0.15) is 0 Å². The fourth-order valence-electron chi connectivity index (χ4n) is 3.48. The number of halogens is 2. The molecule has 33 heavy (non-hydrogen) atoms. The lowest BCUT2D eigenvalue weighted by Gasteiger charge is -2.15. The summed E-state index contributed by atoms with van der Waals surface area (Å²) < 4.78 is 21.0. The lowest BCUT2D eigenvalue weighted by molar-refractivity contribution is -0.113. The van der Waals surface area contributed by atoms with Crippen molar-refractivity contribution in [3.8, 4) is 0 Å². The van der Waals surface area contributed by atoms with E-state index in [4.69, 9.17) is 16.3 Å². The van der Waals surface area contributed by atoms with Crippen molar-refractivity contribution < 1.29 is 13.9 Å². The highest BCUT2D eigenvalue weighted by Crippen LogP contribution is 2.23. The summed E-state index contributed by atoms with van der Waals surface area (Å²) in [6, 6.07) is 11.6. The molecule has 1 atom stereocenters. The van der Waals surface area contributed by atoms with Crippen LogP contribution in [0.5, 0.6) is 0 Å². The first-order valence-electron chi connectivity index (χ1n) is 10.7. The summed E-state index contributed by atoms with van der Waals surface area (Å²) in [4.78, 5) is 12.5. The maximum atomic E-state index is 13.2. The Morgan fingerprint density at radius 1 is 1.24 bits per heavy atom. The number of nitrogens with zero attached hydrogens (tertiary/aromatic N) is 3. The number of hydrogen-bond acceptors (Lipinski definition) is 6. The summed E-state index contributed by atoms with van der Waals surface area (Å²) >= 11 is 7.46. The second-order valence-electron chi connectivity index (χ2n) is 7.81. The molecule has 4 rings (SSSR count). The molecule has 2 aromatic carbocycles. The highest BCUT2D eigenvalue weighted by Gasteiger charge is 2.21. The first-order chi connectivity index (χ1) is 16.0. The van der Waals surface area contributed by atoms with Crippen LogP contribution in [0, 0.1) is 12.7 Å². The zero-order valence-corrected chi connectivity index (χ0v) is 19.8. The first-order valence-corrected chi connectivity index (χ1v) is 12.1. The highest BCUT2D eigenvalue weighted by molar-refractivity contribution is 7.99. The van der Waals surface area contributed by atoms with Gasteiger partial charge >= 0.3 is 0 Å². The second kappa shape index (κ2) is 11.0. The number of amides is 1. The molecule has 1 aliphatic rings. The molecule has 1 fully saturated rings. The molecule has 0 saturated carbocycles. The molecule has 0 unspecified atom stereocenters. The second-order valence-corrected chi connectivity index (χ2v) is 9.16. The number of aromatic nitrogens is 3. The number of thioether (sulfide) groups is 1. The van der Waals surface area contributed by atoms with Crippen LogP contribution in [0.2, 0.25) is 5.02 Å². The van der Waals surface area contributed by atoms with Crippen LogP contribution < -0.4 is 10.6 Å². The van der Waals surface area contributed by atoms with E-state index < -0.39 is 0 Å². The number of rotatable bonds is 9. The van der Waals surface area contributed by atoms with Crippen LogP contribution in [0.25, 0.3) is 0 Å². The van der Waals surface area contributed by atoms with Crippen molar-refractivity contribution in [2.24, 2.45) is 0 Å². The van der Waals surface area contributed by atoms with E-state index in [0.717, 1.165) is 36.5 Å². The summed E-state index contributed by atoms with van der Waals surface area (Å²) in [6.45, 7) is 3.69. The van der Waals surface area contributed by atoms with Gasteiger partial charge < -0.3 is 19.9 Å². The number of benzene rings is 2. The van der Waals surface area contributed by atoms with Gasteiger partial charge in [0, 0.05) is 23.0 Å². The normalized spacial score (nSPS) is 15.5. The standard InChI is InChI=1S/C23H25ClFN5O2S/c1-15-4-7-18(11-20(15)24)27-22(31)14-33-23-29-28-21(30(23)13-19-3-2-10-32-19)12-26-17-8-5-16(25)6-9-17/h4-9,11,19,26H,2-3,10,12-14H2,1H3,(H,27,31)/t19-/m0/s1. The fraction of sp³-hybridized carbons (Fsp3) is 0.348. The van der Waals surface area contributed by atoms with Gasteiger partial charge in [0.1, 0.15) is 5.82 Å². The number of aryl methyl sites for hydroxylation is 1. The summed E-state index contributed by atoms with van der Waals surface area (Å²) in [7, 11) is 0. The third-order valence-electron chi connectivity index (χ3n) is 5.29. The Morgan fingerprint density at radius 3 is 2.76 bits per heavy atom. The number of anilines is 2. The average molecular weight is 490 g/mol. The van der Waals surface area contributed by atoms with Gasteiger partial charge in [-0.15, -0.1) is 10.2 Å². The summed E-state index contributed by atoms with van der Waals surface area (Å²) in [5, 5.41) is 16.0. The maximum absolute atomic E-state index is 13.2. The zero-order valence-electron chi connectivity index (χ0n) is 18.2. The molecular weight excluding hydrogens is 465 g/mol. The molecule has 0 aliphatic carbocycles. The minimum Gasteiger partial charge on any atom is -0.378 e. The van der Waals surface area contributed by atoms with Crippen molar-refractivity contribution in [1.82, 2.24) is 14.8 Å². The Morgan fingerprint density at radius 2 is 2.03 bits per heavy atom. The van der Waals surface area contributed by atoms with Crippen LogP contribution >= 0.6 is 23.4 Å². The van der Waals surface area contributed by atoms with Crippen LogP contribution in [-0.2, 0) is 22.6 Å². The van der Waals surface area contributed by atoms with E-state index in [-0.39, 0.29) is 23.6 Å². The van der Waals surface area contributed by atoms with E-state index in [1.807, 2.05) is 23.6 Å². The number of hydrogen-bond donors (Lipinski definition) is 2. The van der Waals surface area contributed by atoms with Crippen molar-refractivity contribution in [2.45, 2.75) is 44.1 Å². The zero-order chi connectivity index (χ0) is 23.2. The Hall–Kier alpha value is -2.62. The molecule has 0 spiro atoms. The quantitative estimate of drug-likeness (QED) is 0.416. The van der Waals surface area contributed by atoms with E-state index in [9.17, 15) is 9.18 Å². The number of ether oxygens (including phenoxy) is 1. The van der Waals surface area contributed by atoms with Crippen LogP contribution in [0.3, 0.4) is 0 Å². The molecule has 0 radical (unpaired) electrons. The van der Waals surface area contributed by atoms with Crippen molar-refractivity contribution in [2.75, 3.05) is 23.0 Å². The molecule has 174 valence electrons. The van der Waals surface area contributed by atoms with Crippen LogP contribution in [-0.4, -0.2) is 39.1 Å².